The van der Waals surface area contributed by atoms with Crippen molar-refractivity contribution in [3.63, 3.8) is 0 Å². The Bertz CT molecular complexity index is 1200. The summed E-state index contributed by atoms with van der Waals surface area (Å²) in [6.45, 7) is 1.91. The Morgan fingerprint density at radius 2 is 1.67 bits per heavy atom. The van der Waals surface area contributed by atoms with Crippen LogP contribution in [0.3, 0.4) is 0 Å². The first kappa shape index (κ1) is 16.7. The molecule has 0 spiro atoms. The van der Waals surface area contributed by atoms with E-state index in [1.807, 2.05) is 55.5 Å². The molecule has 0 aliphatic carbocycles. The molecule has 0 saturated carbocycles. The van der Waals surface area contributed by atoms with Crippen LogP contribution < -0.4 is 11.0 Å². The first-order valence-electron chi connectivity index (χ1n) is 8.59. The lowest BCUT2D eigenvalue weighted by Crippen LogP contribution is -2.35. The first-order valence-corrected chi connectivity index (χ1v) is 8.59. The lowest BCUT2D eigenvalue weighted by Gasteiger charge is -2.15. The Morgan fingerprint density at radius 3 is 2.44 bits per heavy atom. The number of fused-ring (bicyclic) bond motifs is 1. The molecular weight excluding hydrogens is 338 g/mol. The zero-order valence-electron chi connectivity index (χ0n) is 14.7. The Labute approximate surface area is 155 Å². The minimum Gasteiger partial charge on any atom is -0.267 e. The predicted molar refractivity (Wildman–Crippen MR) is 106 cm³/mol. The number of amides is 1. The second-order valence-electron chi connectivity index (χ2n) is 6.27. The van der Waals surface area contributed by atoms with Gasteiger partial charge in [0.25, 0.3) is 11.5 Å². The highest BCUT2D eigenvalue weighted by Crippen LogP contribution is 2.18. The van der Waals surface area contributed by atoms with Gasteiger partial charge in [-0.2, -0.15) is 4.68 Å². The van der Waals surface area contributed by atoms with Crippen molar-refractivity contribution >= 4 is 16.8 Å². The summed E-state index contributed by atoms with van der Waals surface area (Å²) in [5, 5.41) is 0.446. The van der Waals surface area contributed by atoms with Gasteiger partial charge in [0.2, 0.25) is 0 Å². The number of rotatable bonds is 3. The molecule has 3 aromatic carbocycles. The van der Waals surface area contributed by atoms with Gasteiger partial charge in [-0.15, -0.1) is 0 Å². The molecule has 0 saturated heterocycles. The van der Waals surface area contributed by atoms with Gasteiger partial charge in [0, 0.05) is 11.1 Å². The predicted octanol–water partition coefficient (Wildman–Crippen LogP) is 3.76. The van der Waals surface area contributed by atoms with E-state index in [9.17, 15) is 9.59 Å². The molecule has 0 radical (unpaired) electrons. The second-order valence-corrected chi connectivity index (χ2v) is 6.27. The molecule has 1 aromatic heterocycles. The van der Waals surface area contributed by atoms with Crippen molar-refractivity contribution in [3.05, 3.63) is 100 Å². The summed E-state index contributed by atoms with van der Waals surface area (Å²) in [5.41, 5.74) is 5.17. The highest BCUT2D eigenvalue weighted by atomic mass is 16.2. The molecule has 1 N–H and O–H groups in total. The van der Waals surface area contributed by atoms with Gasteiger partial charge in [-0.3, -0.25) is 15.0 Å². The molecule has 1 heterocycles. The van der Waals surface area contributed by atoms with Crippen LogP contribution in [0, 0.1) is 6.92 Å². The van der Waals surface area contributed by atoms with Crippen molar-refractivity contribution in [1.82, 2.24) is 9.66 Å². The van der Waals surface area contributed by atoms with Gasteiger partial charge in [-0.05, 0) is 31.2 Å². The number of nitrogens with zero attached hydrogens (tertiary/aromatic N) is 2. The normalized spacial score (nSPS) is 10.7. The van der Waals surface area contributed by atoms with Crippen molar-refractivity contribution in [1.29, 1.82) is 0 Å². The van der Waals surface area contributed by atoms with Crippen LogP contribution in [0.15, 0.2) is 83.7 Å². The maximum Gasteiger partial charge on any atom is 0.280 e. The van der Waals surface area contributed by atoms with Crippen molar-refractivity contribution in [2.45, 2.75) is 6.92 Å². The number of carbonyl (C=O) groups is 1. The number of carbonyl (C=O) groups excluding carboxylic acids is 1. The first-order chi connectivity index (χ1) is 13.1. The van der Waals surface area contributed by atoms with Gasteiger partial charge in [0.1, 0.15) is 0 Å². The summed E-state index contributed by atoms with van der Waals surface area (Å²) in [4.78, 5) is 30.4. The largest absolute Gasteiger partial charge is 0.280 e. The molecule has 4 aromatic rings. The minimum absolute atomic E-state index is 0.319. The van der Waals surface area contributed by atoms with E-state index in [1.54, 1.807) is 30.3 Å². The van der Waals surface area contributed by atoms with Crippen molar-refractivity contribution in [2.75, 3.05) is 5.43 Å². The van der Waals surface area contributed by atoms with Gasteiger partial charge in [0.15, 0.2) is 5.82 Å². The Balaban J connectivity index is 1.89. The Hall–Kier alpha value is -3.73. The fraction of sp³-hybridized carbons (Fsp3) is 0.0455. The molecule has 4 rings (SSSR count). The number of aryl methyl sites for hydroxylation is 1. The lowest BCUT2D eigenvalue weighted by molar-refractivity contribution is 0.101. The summed E-state index contributed by atoms with van der Waals surface area (Å²) in [6.07, 6.45) is 0. The lowest BCUT2D eigenvalue weighted by atomic mass is 10.1. The van der Waals surface area contributed by atoms with Crippen LogP contribution in [0.2, 0.25) is 0 Å². The Kier molecular flexibility index (Phi) is 4.26. The van der Waals surface area contributed by atoms with Gasteiger partial charge in [-0.25, -0.2) is 4.98 Å². The van der Waals surface area contributed by atoms with Crippen LogP contribution in [0.4, 0.5) is 0 Å². The summed E-state index contributed by atoms with van der Waals surface area (Å²) < 4.78 is 1.22. The molecule has 132 valence electrons. The number of nitrogens with one attached hydrogen (secondary N) is 1. The molecular formula is C22H17N3O2. The van der Waals surface area contributed by atoms with E-state index in [0.717, 1.165) is 11.1 Å². The number of hydrogen-bond acceptors (Lipinski definition) is 3. The van der Waals surface area contributed by atoms with Crippen LogP contribution in [-0.4, -0.2) is 15.6 Å². The summed E-state index contributed by atoms with van der Waals surface area (Å²) in [5.74, 6) is 0.0235. The average Bonchev–Trinajstić information content (AvgIpc) is 2.70. The van der Waals surface area contributed by atoms with E-state index < -0.39 is 0 Å². The summed E-state index contributed by atoms with van der Waals surface area (Å²) >= 11 is 0. The minimum atomic E-state index is -0.366. The monoisotopic (exact) mass is 355 g/mol. The molecule has 0 aliphatic heterocycles. The summed E-state index contributed by atoms with van der Waals surface area (Å²) in [7, 11) is 0. The standard InChI is InChI=1S/C22H17N3O2/c1-15-8-7-11-17(14-15)21(26)24-25-20(16-9-3-2-4-10-16)23-19-13-6-5-12-18(19)22(25)27/h2-14H,1H3,(H,24,26). The maximum absolute atomic E-state index is 13.1. The molecule has 0 fully saturated rings. The Morgan fingerprint density at radius 1 is 0.926 bits per heavy atom. The molecule has 5 heteroatoms. The molecule has 0 atom stereocenters. The van der Waals surface area contributed by atoms with Crippen molar-refractivity contribution < 1.29 is 4.79 Å². The van der Waals surface area contributed by atoms with Crippen molar-refractivity contribution in [3.8, 4) is 11.4 Å². The molecule has 5 nitrogen and oxygen atoms in total. The van der Waals surface area contributed by atoms with E-state index in [1.165, 1.54) is 4.68 Å². The number of benzene rings is 3. The van der Waals surface area contributed by atoms with Crippen LogP contribution in [-0.2, 0) is 0 Å². The third-order valence-electron chi connectivity index (χ3n) is 4.30. The smallest absolute Gasteiger partial charge is 0.267 e. The molecule has 0 unspecified atom stereocenters. The second kappa shape index (κ2) is 6.88. The molecule has 0 bridgehead atoms. The number of para-hydroxylation sites is 1. The average molecular weight is 355 g/mol. The highest BCUT2D eigenvalue weighted by Gasteiger charge is 2.15. The third kappa shape index (κ3) is 3.22. The van der Waals surface area contributed by atoms with Gasteiger partial charge >= 0.3 is 0 Å². The van der Waals surface area contributed by atoms with Crippen LogP contribution in [0.1, 0.15) is 15.9 Å². The van der Waals surface area contributed by atoms with E-state index in [-0.39, 0.29) is 11.5 Å². The zero-order chi connectivity index (χ0) is 18.8. The van der Waals surface area contributed by atoms with Gasteiger partial charge in [-0.1, -0.05) is 60.2 Å². The van der Waals surface area contributed by atoms with E-state index in [2.05, 4.69) is 10.4 Å². The third-order valence-corrected chi connectivity index (χ3v) is 4.30. The van der Waals surface area contributed by atoms with Crippen LogP contribution in [0.25, 0.3) is 22.3 Å². The van der Waals surface area contributed by atoms with E-state index in [4.69, 9.17) is 0 Å². The van der Waals surface area contributed by atoms with Crippen LogP contribution >= 0.6 is 0 Å². The molecule has 1 amide bonds. The fourth-order valence-electron chi connectivity index (χ4n) is 2.97. The van der Waals surface area contributed by atoms with E-state index >= 15 is 0 Å². The van der Waals surface area contributed by atoms with Gasteiger partial charge < -0.3 is 0 Å². The number of aromatic nitrogens is 2. The fourth-order valence-corrected chi connectivity index (χ4v) is 2.97. The quantitative estimate of drug-likeness (QED) is 0.609. The van der Waals surface area contributed by atoms with E-state index in [0.29, 0.717) is 22.3 Å². The zero-order valence-corrected chi connectivity index (χ0v) is 14.7. The molecule has 27 heavy (non-hydrogen) atoms. The van der Waals surface area contributed by atoms with Crippen LogP contribution in [0.5, 0.6) is 0 Å². The highest BCUT2D eigenvalue weighted by molar-refractivity contribution is 6.00. The maximum atomic E-state index is 13.1. The SMILES string of the molecule is Cc1cccc(C(=O)Nn2c(-c3ccccc3)nc3ccccc3c2=O)c1. The molecule has 0 aliphatic rings. The summed E-state index contributed by atoms with van der Waals surface area (Å²) in [6, 6.07) is 23.6. The number of hydrogen-bond donors (Lipinski definition) is 1. The topological polar surface area (TPSA) is 64.0 Å². The van der Waals surface area contributed by atoms with Gasteiger partial charge in [0.05, 0.1) is 10.9 Å². The van der Waals surface area contributed by atoms with Crippen molar-refractivity contribution in [2.24, 2.45) is 0 Å².